The van der Waals surface area contributed by atoms with Gasteiger partial charge in [-0.1, -0.05) is 29.8 Å². The number of halogens is 2. The first-order chi connectivity index (χ1) is 17.8. The zero-order chi connectivity index (χ0) is 27.9. The number of benzene rings is 1. The molecule has 2 aliphatic rings. The summed E-state index contributed by atoms with van der Waals surface area (Å²) < 4.78 is 39.8. The molecule has 1 saturated heterocycles. The van der Waals surface area contributed by atoms with E-state index < -0.39 is 59.9 Å². The van der Waals surface area contributed by atoms with E-state index in [-0.39, 0.29) is 18.3 Å². The Hall–Kier alpha value is -2.12. The second kappa shape index (κ2) is 10.8. The molecule has 2 aromatic rings. The maximum atomic E-state index is 15.7. The average Bonchev–Trinajstić information content (AvgIpc) is 3.52. The number of nitrogens with two attached hydrogens (primary N) is 1. The maximum absolute atomic E-state index is 15.7. The van der Waals surface area contributed by atoms with Crippen molar-refractivity contribution in [2.45, 2.75) is 68.3 Å². The van der Waals surface area contributed by atoms with E-state index in [2.05, 4.69) is 10.1 Å². The number of carbonyl (C=O) groups excluding carboxylic acids is 1. The summed E-state index contributed by atoms with van der Waals surface area (Å²) in [5, 5.41) is 10.9. The molecule has 1 aromatic carbocycles. The molecule has 15 heteroatoms. The van der Waals surface area contributed by atoms with Gasteiger partial charge in [0, 0.05) is 12.6 Å². The van der Waals surface area contributed by atoms with Crippen LogP contribution in [0.15, 0.2) is 47.4 Å². The van der Waals surface area contributed by atoms with E-state index in [1.54, 1.807) is 44.2 Å². The van der Waals surface area contributed by atoms with E-state index in [0.717, 1.165) is 4.57 Å². The van der Waals surface area contributed by atoms with Gasteiger partial charge in [0.15, 0.2) is 0 Å². The number of nitrogens with zero attached hydrogens (tertiary/aromatic N) is 2. The molecule has 38 heavy (non-hydrogen) atoms. The summed E-state index contributed by atoms with van der Waals surface area (Å²) in [4.78, 5) is 28.3. The molecule has 1 spiro atoms. The third kappa shape index (κ3) is 5.74. The van der Waals surface area contributed by atoms with Gasteiger partial charge in [0.05, 0.1) is 18.8 Å². The molecule has 1 aliphatic carbocycles. The lowest BCUT2D eigenvalue weighted by Gasteiger charge is -2.28. The molecule has 0 amide bonds. The summed E-state index contributed by atoms with van der Waals surface area (Å²) in [6, 6.07) is 8.20. The van der Waals surface area contributed by atoms with E-state index >= 15 is 4.39 Å². The summed E-state index contributed by atoms with van der Waals surface area (Å²) in [5.41, 5.74) is 3.14. The molecule has 4 rings (SSSR count). The van der Waals surface area contributed by atoms with Gasteiger partial charge in [-0.3, -0.25) is 9.36 Å². The van der Waals surface area contributed by atoms with Gasteiger partial charge in [-0.2, -0.15) is 4.98 Å². The second-order valence-corrected chi connectivity index (χ2v) is 13.1. The quantitative estimate of drug-likeness (QED) is 0.213. The van der Waals surface area contributed by atoms with Gasteiger partial charge in [0.25, 0.3) is 0 Å². The van der Waals surface area contributed by atoms with Crippen LogP contribution in [0.4, 0.5) is 10.2 Å². The van der Waals surface area contributed by atoms with Crippen LogP contribution in [0.25, 0.3) is 0 Å². The minimum atomic E-state index is -3.48. The van der Waals surface area contributed by atoms with Crippen LogP contribution in [0.3, 0.4) is 0 Å². The molecule has 11 nitrogen and oxygen atoms in total. The van der Waals surface area contributed by atoms with Gasteiger partial charge < -0.3 is 29.4 Å². The molecule has 1 aliphatic heterocycles. The van der Waals surface area contributed by atoms with Crippen LogP contribution in [-0.2, 0) is 30.6 Å². The number of esters is 1. The number of carbonyl (C=O) groups is 1. The van der Waals surface area contributed by atoms with Crippen molar-refractivity contribution in [1.82, 2.24) is 14.6 Å². The first kappa shape index (κ1) is 28.9. The third-order valence-electron chi connectivity index (χ3n) is 6.15. The van der Waals surface area contributed by atoms with Gasteiger partial charge in [0.1, 0.15) is 35.4 Å². The van der Waals surface area contributed by atoms with Crippen LogP contribution in [0, 0.1) is 0 Å². The molecule has 0 radical (unpaired) electrons. The number of aliphatic hydroxyl groups excluding tert-OH is 1. The predicted octanol–water partition coefficient (Wildman–Crippen LogP) is 2.42. The lowest BCUT2D eigenvalue weighted by atomic mass is 10.1. The third-order valence-corrected chi connectivity index (χ3v) is 9.19. The van der Waals surface area contributed by atoms with Crippen molar-refractivity contribution in [3.63, 3.8) is 0 Å². The van der Waals surface area contributed by atoms with Crippen molar-refractivity contribution in [3.05, 3.63) is 53.1 Å². The molecule has 2 heterocycles. The van der Waals surface area contributed by atoms with Crippen molar-refractivity contribution in [3.8, 4) is 5.75 Å². The fraction of sp³-hybridized carbons (Fsp3) is 0.522. The topological polar surface area (TPSA) is 147 Å². The number of alkyl halides is 2. The van der Waals surface area contributed by atoms with E-state index in [1.807, 2.05) is 0 Å². The van der Waals surface area contributed by atoms with Gasteiger partial charge in [-0.05, 0) is 50.8 Å². The van der Waals surface area contributed by atoms with Crippen molar-refractivity contribution in [1.29, 1.82) is 0 Å². The molecular weight excluding hydrogens is 562 g/mol. The number of nitrogens with one attached hydrogen (secondary N) is 1. The minimum Gasteiger partial charge on any atom is -0.462 e. The maximum Gasteiger partial charge on any atom is 0.349 e. The minimum absolute atomic E-state index is 0.0110. The zero-order valence-corrected chi connectivity index (χ0v) is 23.3. The van der Waals surface area contributed by atoms with E-state index in [1.165, 1.54) is 19.2 Å². The van der Waals surface area contributed by atoms with E-state index in [4.69, 9.17) is 47.7 Å². The number of ether oxygens (including phenoxy) is 2. The number of hydrogen-bond acceptors (Lipinski definition) is 10. The van der Waals surface area contributed by atoms with Crippen LogP contribution >= 0.6 is 18.2 Å². The van der Waals surface area contributed by atoms with Crippen LogP contribution in [-0.4, -0.2) is 62.3 Å². The molecular formula is C23H29ClFN4O7PS. The zero-order valence-electron chi connectivity index (χ0n) is 20.8. The Morgan fingerprint density at radius 1 is 1.39 bits per heavy atom. The largest absolute Gasteiger partial charge is 0.462 e. The summed E-state index contributed by atoms with van der Waals surface area (Å²) in [6.07, 6.45) is -2.06. The average molecular weight is 591 g/mol. The first-order valence-corrected chi connectivity index (χ1v) is 14.9. The molecule has 208 valence electrons. The highest BCUT2D eigenvalue weighted by molar-refractivity contribution is 8.09. The van der Waals surface area contributed by atoms with Crippen molar-refractivity contribution < 1.29 is 32.8 Å². The van der Waals surface area contributed by atoms with Gasteiger partial charge in [0.2, 0.25) is 5.13 Å². The standard InChI is InChI=1S/C23H29ClFN4O7PS/c1-13(2)34-20(31)14(3)28-37(38,36-15-7-5-4-6-8-15)33-12-16-19(30)23(24,25)22(35-16)11-17(22)29-10-9-18(26)27-21(29)32/h4-10,13-14,16-17,19,30H,11-12H2,1-3H3,(H,28,38)(H2,26,27,32)/t14-,16+,17?,19+,22?,23+,37+/m0/s1. The number of nitrogen functional groups attached to an aromatic ring is 1. The Balaban J connectivity index is 1.51. The Morgan fingerprint density at radius 2 is 2.08 bits per heavy atom. The molecule has 2 fully saturated rings. The Morgan fingerprint density at radius 3 is 2.71 bits per heavy atom. The van der Waals surface area contributed by atoms with Crippen molar-refractivity contribution >= 4 is 41.8 Å². The lowest BCUT2D eigenvalue weighted by molar-refractivity contribution is -0.149. The number of hydrogen-bond donors (Lipinski definition) is 3. The van der Waals surface area contributed by atoms with E-state index in [0.29, 0.717) is 5.75 Å². The number of para-hydroxylation sites is 1. The Kier molecular flexibility index (Phi) is 8.21. The van der Waals surface area contributed by atoms with Gasteiger partial charge in [-0.15, -0.1) is 0 Å². The number of aliphatic hydroxyl groups is 1. The molecule has 7 atom stereocenters. The van der Waals surface area contributed by atoms with Gasteiger partial charge >= 0.3 is 18.3 Å². The lowest BCUT2D eigenvalue weighted by Crippen LogP contribution is -2.43. The summed E-state index contributed by atoms with van der Waals surface area (Å²) in [7, 11) is 0. The van der Waals surface area contributed by atoms with Crippen LogP contribution in [0.1, 0.15) is 33.2 Å². The number of anilines is 1. The SMILES string of the molecule is CC(C)OC(=O)[C@H](C)N[P@@](=S)(OC[C@H]1OC2(CC2n2ccc(N)nc2=O)[C@@](F)(Cl)[C@@H]1O)Oc1ccccc1. The highest BCUT2D eigenvalue weighted by Gasteiger charge is 2.78. The monoisotopic (exact) mass is 590 g/mol. The highest BCUT2D eigenvalue weighted by Crippen LogP contribution is 2.65. The number of rotatable bonds is 10. The Bertz CT molecular complexity index is 1290. The number of aromatic nitrogens is 2. The molecule has 2 unspecified atom stereocenters. The van der Waals surface area contributed by atoms with E-state index in [9.17, 15) is 14.7 Å². The molecule has 0 bridgehead atoms. The van der Waals surface area contributed by atoms with Crippen LogP contribution < -0.4 is 21.0 Å². The molecule has 1 aromatic heterocycles. The van der Waals surface area contributed by atoms with Crippen LogP contribution in [0.5, 0.6) is 5.75 Å². The smallest absolute Gasteiger partial charge is 0.349 e. The molecule has 1 saturated carbocycles. The predicted molar refractivity (Wildman–Crippen MR) is 141 cm³/mol. The summed E-state index contributed by atoms with van der Waals surface area (Å²) in [6.45, 7) is 1.06. The fourth-order valence-electron chi connectivity index (χ4n) is 4.23. The Labute approximate surface area is 228 Å². The first-order valence-electron chi connectivity index (χ1n) is 11.8. The fourth-order valence-corrected chi connectivity index (χ4v) is 7.03. The van der Waals surface area contributed by atoms with Crippen molar-refractivity contribution in [2.75, 3.05) is 12.3 Å². The normalized spacial score (nSPS) is 30.7. The van der Waals surface area contributed by atoms with Crippen LogP contribution in [0.2, 0.25) is 0 Å². The van der Waals surface area contributed by atoms with Gasteiger partial charge in [-0.25, -0.2) is 14.3 Å². The summed E-state index contributed by atoms with van der Waals surface area (Å²) in [5.74, 6) is -0.190. The second-order valence-electron chi connectivity index (χ2n) is 9.41. The van der Waals surface area contributed by atoms with Crippen molar-refractivity contribution in [2.24, 2.45) is 0 Å². The molecule has 4 N–H and O–H groups in total. The highest BCUT2D eigenvalue weighted by atomic mass is 35.5. The summed E-state index contributed by atoms with van der Waals surface area (Å²) >= 11 is 11.8.